The van der Waals surface area contributed by atoms with E-state index in [1.54, 1.807) is 6.07 Å². The van der Waals surface area contributed by atoms with E-state index < -0.39 is 17.0 Å². The molecule has 0 spiro atoms. The molecular formula is C11H5BrCl2F2S. The van der Waals surface area contributed by atoms with Crippen LogP contribution in [-0.2, 0) is 0 Å². The molecule has 0 saturated heterocycles. The van der Waals surface area contributed by atoms with Crippen LogP contribution >= 0.6 is 50.5 Å². The first-order valence-corrected chi connectivity index (χ1v) is 6.96. The van der Waals surface area contributed by atoms with E-state index in [1.165, 1.54) is 23.5 Å². The van der Waals surface area contributed by atoms with Gasteiger partial charge in [0.1, 0.15) is 4.34 Å². The number of halogens is 5. The predicted molar refractivity (Wildman–Crippen MR) is 71.1 cm³/mol. The number of alkyl halides is 1. The summed E-state index contributed by atoms with van der Waals surface area (Å²) < 4.78 is 27.8. The van der Waals surface area contributed by atoms with Crippen molar-refractivity contribution < 1.29 is 8.78 Å². The molecular weight excluding hydrogens is 353 g/mol. The summed E-state index contributed by atoms with van der Waals surface area (Å²) >= 11 is 16.5. The molecule has 1 aromatic carbocycles. The Labute approximate surface area is 119 Å². The molecule has 0 saturated carbocycles. The van der Waals surface area contributed by atoms with Crippen LogP contribution in [0.2, 0.25) is 4.34 Å². The third kappa shape index (κ3) is 2.65. The Kier molecular flexibility index (Phi) is 4.08. The van der Waals surface area contributed by atoms with Gasteiger partial charge in [-0.15, -0.1) is 22.9 Å². The molecule has 1 unspecified atom stereocenters. The number of rotatable bonds is 2. The fraction of sp³-hybridized carbons (Fsp3) is 0.0909. The van der Waals surface area contributed by atoms with Crippen molar-refractivity contribution in [2.45, 2.75) is 5.38 Å². The Balaban J connectivity index is 2.43. The molecule has 1 aromatic heterocycles. The molecule has 0 aliphatic carbocycles. The van der Waals surface area contributed by atoms with Gasteiger partial charge >= 0.3 is 0 Å². The van der Waals surface area contributed by atoms with Crippen LogP contribution in [0.4, 0.5) is 8.78 Å². The lowest BCUT2D eigenvalue weighted by atomic mass is 10.1. The second-order valence-electron chi connectivity index (χ2n) is 3.28. The highest BCUT2D eigenvalue weighted by molar-refractivity contribution is 9.10. The minimum atomic E-state index is -0.923. The van der Waals surface area contributed by atoms with E-state index in [0.717, 1.165) is 6.07 Å². The van der Waals surface area contributed by atoms with E-state index >= 15 is 0 Å². The van der Waals surface area contributed by atoms with E-state index in [1.807, 2.05) is 0 Å². The molecule has 0 amide bonds. The summed E-state index contributed by atoms with van der Waals surface area (Å²) in [4.78, 5) is 0.660. The minimum absolute atomic E-state index is 0.108. The Morgan fingerprint density at radius 3 is 2.59 bits per heavy atom. The molecule has 17 heavy (non-hydrogen) atoms. The van der Waals surface area contributed by atoms with Crippen molar-refractivity contribution in [1.82, 2.24) is 0 Å². The number of hydrogen-bond acceptors (Lipinski definition) is 1. The van der Waals surface area contributed by atoms with Crippen LogP contribution in [0.5, 0.6) is 0 Å². The first kappa shape index (κ1) is 13.3. The summed E-state index contributed by atoms with van der Waals surface area (Å²) in [5.41, 5.74) is 0.108. The van der Waals surface area contributed by atoms with Crippen LogP contribution in [-0.4, -0.2) is 0 Å². The average Bonchev–Trinajstić information content (AvgIpc) is 2.62. The van der Waals surface area contributed by atoms with Gasteiger partial charge in [0.15, 0.2) is 11.6 Å². The van der Waals surface area contributed by atoms with Gasteiger partial charge in [-0.2, -0.15) is 0 Å². The zero-order valence-electron chi connectivity index (χ0n) is 8.18. The number of thiophene rings is 1. The Hall–Kier alpha value is -0.160. The number of benzene rings is 1. The van der Waals surface area contributed by atoms with Gasteiger partial charge in [0, 0.05) is 14.9 Å². The summed E-state index contributed by atoms with van der Waals surface area (Å²) in [5, 5.41) is -0.750. The van der Waals surface area contributed by atoms with E-state index in [4.69, 9.17) is 23.2 Å². The fourth-order valence-corrected chi connectivity index (χ4v) is 3.46. The predicted octanol–water partition coefficient (Wildman–Crippen LogP) is 5.77. The highest BCUT2D eigenvalue weighted by Crippen LogP contribution is 2.41. The SMILES string of the molecule is Fc1cccc(C(Cl)c2cc(Br)c(Cl)s2)c1F. The van der Waals surface area contributed by atoms with E-state index in [0.29, 0.717) is 13.7 Å². The first-order valence-electron chi connectivity index (χ1n) is 4.53. The summed E-state index contributed by atoms with van der Waals surface area (Å²) in [6.45, 7) is 0. The van der Waals surface area contributed by atoms with Crippen molar-refractivity contribution in [3.8, 4) is 0 Å². The quantitative estimate of drug-likeness (QED) is 0.598. The molecule has 0 bridgehead atoms. The van der Waals surface area contributed by atoms with Crippen molar-refractivity contribution in [3.63, 3.8) is 0 Å². The van der Waals surface area contributed by atoms with Crippen LogP contribution in [0, 0.1) is 11.6 Å². The normalized spacial score (nSPS) is 12.8. The molecule has 0 radical (unpaired) electrons. The summed E-state index contributed by atoms with van der Waals surface area (Å²) in [5.74, 6) is -1.83. The maximum atomic E-state index is 13.5. The molecule has 2 rings (SSSR count). The second-order valence-corrected chi connectivity index (χ2v) is 6.25. The molecule has 2 aromatic rings. The smallest absolute Gasteiger partial charge is 0.163 e. The van der Waals surface area contributed by atoms with Gasteiger partial charge in [-0.05, 0) is 28.1 Å². The Morgan fingerprint density at radius 1 is 1.29 bits per heavy atom. The maximum Gasteiger partial charge on any atom is 0.163 e. The third-order valence-corrected chi connectivity index (χ3v) is 5.31. The van der Waals surface area contributed by atoms with Gasteiger partial charge in [0.2, 0.25) is 0 Å². The summed E-state index contributed by atoms with van der Waals surface area (Å²) in [6.07, 6.45) is 0. The lowest BCUT2D eigenvalue weighted by Gasteiger charge is -2.08. The number of hydrogen-bond donors (Lipinski definition) is 0. The largest absolute Gasteiger partial charge is 0.204 e. The van der Waals surface area contributed by atoms with Crippen LogP contribution < -0.4 is 0 Å². The Morgan fingerprint density at radius 2 is 2.00 bits per heavy atom. The molecule has 1 atom stereocenters. The summed E-state index contributed by atoms with van der Waals surface area (Å²) in [6, 6.07) is 5.64. The van der Waals surface area contributed by atoms with Crippen molar-refractivity contribution >= 4 is 50.5 Å². The Bertz CT molecular complexity index is 537. The zero-order chi connectivity index (χ0) is 12.6. The van der Waals surface area contributed by atoms with Crippen molar-refractivity contribution in [1.29, 1.82) is 0 Å². The molecule has 90 valence electrons. The fourth-order valence-electron chi connectivity index (χ4n) is 1.36. The van der Waals surface area contributed by atoms with Gasteiger partial charge < -0.3 is 0 Å². The minimum Gasteiger partial charge on any atom is -0.204 e. The molecule has 0 aliphatic heterocycles. The molecule has 0 aliphatic rings. The monoisotopic (exact) mass is 356 g/mol. The van der Waals surface area contributed by atoms with Gasteiger partial charge in [-0.1, -0.05) is 23.7 Å². The van der Waals surface area contributed by atoms with E-state index in [9.17, 15) is 8.78 Å². The topological polar surface area (TPSA) is 0 Å². The molecule has 0 N–H and O–H groups in total. The van der Waals surface area contributed by atoms with Gasteiger partial charge in [0.25, 0.3) is 0 Å². The molecule has 1 heterocycles. The molecule has 6 heteroatoms. The van der Waals surface area contributed by atoms with Gasteiger partial charge in [0.05, 0.1) is 5.38 Å². The highest BCUT2D eigenvalue weighted by atomic mass is 79.9. The summed E-state index contributed by atoms with van der Waals surface area (Å²) in [7, 11) is 0. The maximum absolute atomic E-state index is 13.5. The third-order valence-electron chi connectivity index (χ3n) is 2.17. The first-order chi connectivity index (χ1) is 8.00. The van der Waals surface area contributed by atoms with Crippen LogP contribution in [0.1, 0.15) is 15.8 Å². The van der Waals surface area contributed by atoms with E-state index in [-0.39, 0.29) is 5.56 Å². The van der Waals surface area contributed by atoms with Crippen LogP contribution in [0.25, 0.3) is 0 Å². The van der Waals surface area contributed by atoms with E-state index in [2.05, 4.69) is 15.9 Å². The van der Waals surface area contributed by atoms with Crippen LogP contribution in [0.15, 0.2) is 28.7 Å². The van der Waals surface area contributed by atoms with Crippen molar-refractivity contribution in [2.75, 3.05) is 0 Å². The molecule has 0 nitrogen and oxygen atoms in total. The highest BCUT2D eigenvalue weighted by Gasteiger charge is 2.20. The van der Waals surface area contributed by atoms with Gasteiger partial charge in [-0.3, -0.25) is 0 Å². The van der Waals surface area contributed by atoms with Crippen LogP contribution in [0.3, 0.4) is 0 Å². The standard InChI is InChI=1S/C11H5BrCl2F2S/c12-6-4-8(17-11(6)14)9(13)5-2-1-3-7(15)10(5)16/h1-4,9H. The molecule has 0 fully saturated rings. The second kappa shape index (κ2) is 5.22. The van der Waals surface area contributed by atoms with Crippen molar-refractivity contribution in [2.24, 2.45) is 0 Å². The van der Waals surface area contributed by atoms with Gasteiger partial charge in [-0.25, -0.2) is 8.78 Å². The lowest BCUT2D eigenvalue weighted by Crippen LogP contribution is -1.97. The zero-order valence-corrected chi connectivity index (χ0v) is 12.1. The lowest BCUT2D eigenvalue weighted by molar-refractivity contribution is 0.500. The van der Waals surface area contributed by atoms with Crippen molar-refractivity contribution in [3.05, 3.63) is 55.1 Å². The average molecular weight is 358 g/mol.